The van der Waals surface area contributed by atoms with Gasteiger partial charge in [-0.3, -0.25) is 9.59 Å². The molecular weight excluding hydrogens is 535 g/mol. The number of esters is 2. The van der Waals surface area contributed by atoms with Crippen LogP contribution in [0.3, 0.4) is 0 Å². The molecule has 0 spiro atoms. The molecular formula is C20H42O7Zr2+4. The first-order valence-electron chi connectivity index (χ1n) is 9.80. The summed E-state index contributed by atoms with van der Waals surface area (Å²) < 4.78 is 3.97. The Balaban J connectivity index is -0.0000000413. The fraction of sp³-hybridized carbons (Fsp3) is 0.900. The average Bonchev–Trinajstić information content (AvgIpc) is 2.59. The zero-order chi connectivity index (χ0) is 22.3. The molecule has 0 heterocycles. The van der Waals surface area contributed by atoms with Crippen molar-refractivity contribution < 1.29 is 87.2 Å². The van der Waals surface area contributed by atoms with Crippen LogP contribution in [0.15, 0.2) is 0 Å². The van der Waals surface area contributed by atoms with Gasteiger partial charge in [-0.05, 0) is 0 Å². The summed E-state index contributed by atoms with van der Waals surface area (Å²) in [6.07, 6.45) is 7.46. The Morgan fingerprint density at radius 1 is 0.552 bits per heavy atom. The summed E-state index contributed by atoms with van der Waals surface area (Å²) in [6, 6.07) is 0. The molecule has 0 aliphatic rings. The fourth-order valence-corrected chi connectivity index (χ4v) is 0.780. The monoisotopic (exact) mass is 574 g/mol. The molecule has 0 unspecified atom stereocenters. The maximum absolute atomic E-state index is 9.81. The largest absolute Gasteiger partial charge is 4.00 e. The van der Waals surface area contributed by atoms with E-state index in [4.69, 9.17) is 0 Å². The first-order valence-corrected chi connectivity index (χ1v) is 9.80. The van der Waals surface area contributed by atoms with Crippen molar-refractivity contribution in [1.29, 1.82) is 0 Å². The second kappa shape index (κ2) is 56.8. The van der Waals surface area contributed by atoms with E-state index in [1.54, 1.807) is 0 Å². The van der Waals surface area contributed by atoms with E-state index in [0.717, 1.165) is 51.4 Å². The van der Waals surface area contributed by atoms with Crippen molar-refractivity contribution >= 4 is 11.9 Å². The second-order valence-corrected chi connectivity index (χ2v) is 5.32. The summed E-state index contributed by atoms with van der Waals surface area (Å²) in [5.74, 6) is -1.12. The quantitative estimate of drug-likeness (QED) is 0.306. The van der Waals surface area contributed by atoms with Gasteiger partial charge in [0.25, 0.3) is 0 Å². The summed E-state index contributed by atoms with van der Waals surface area (Å²) >= 11 is 0. The van der Waals surface area contributed by atoms with Crippen molar-refractivity contribution in [3.63, 3.8) is 0 Å². The molecule has 0 amide bonds. The topological polar surface area (TPSA) is 136 Å². The van der Waals surface area contributed by atoms with Gasteiger partial charge >= 0.3 is 64.3 Å². The molecule has 0 bridgehead atoms. The van der Waals surface area contributed by atoms with Crippen molar-refractivity contribution in [2.45, 2.75) is 92.9 Å². The van der Waals surface area contributed by atoms with Crippen LogP contribution in [0.2, 0.25) is 0 Å². The van der Waals surface area contributed by atoms with E-state index < -0.39 is 11.9 Å². The summed E-state index contributed by atoms with van der Waals surface area (Å²) in [5.41, 5.74) is 0. The Hall–Kier alpha value is 0.746. The van der Waals surface area contributed by atoms with Crippen molar-refractivity contribution in [2.24, 2.45) is 0 Å². The molecule has 0 radical (unpaired) electrons. The average molecular weight is 577 g/mol. The van der Waals surface area contributed by atoms with E-state index >= 15 is 0 Å². The molecule has 0 atom stereocenters. The van der Waals surface area contributed by atoms with Gasteiger partial charge in [0.15, 0.2) is 0 Å². The molecule has 0 N–H and O–H groups in total. The van der Waals surface area contributed by atoms with Crippen molar-refractivity contribution in [3.8, 4) is 0 Å². The smallest absolute Gasteiger partial charge is 0.854 e. The number of hydrogen-bond acceptors (Lipinski definition) is 7. The molecule has 9 heteroatoms. The minimum Gasteiger partial charge on any atom is -0.854 e. The predicted octanol–water partition coefficient (Wildman–Crippen LogP) is 0.678. The number of rotatable bonds is 8. The summed E-state index contributed by atoms with van der Waals surface area (Å²) in [5, 5.41) is 38.1. The van der Waals surface area contributed by atoms with Gasteiger partial charge in [-0.15, -0.1) is 26.4 Å². The van der Waals surface area contributed by atoms with Gasteiger partial charge in [-0.1, -0.05) is 79.1 Å². The van der Waals surface area contributed by atoms with Gasteiger partial charge < -0.3 is 25.2 Å². The zero-order valence-corrected chi connectivity index (χ0v) is 24.3. The van der Waals surface area contributed by atoms with E-state index in [1.165, 1.54) is 13.8 Å². The van der Waals surface area contributed by atoms with Crippen LogP contribution in [0.4, 0.5) is 0 Å². The summed E-state index contributed by atoms with van der Waals surface area (Å²) in [7, 11) is 0. The van der Waals surface area contributed by atoms with Crippen molar-refractivity contribution in [3.05, 3.63) is 0 Å². The molecule has 168 valence electrons. The number of carbonyl (C=O) groups is 2. The van der Waals surface area contributed by atoms with E-state index in [2.05, 4.69) is 4.74 Å². The number of ether oxygens (including phenoxy) is 1. The Kier molecular flexibility index (Phi) is 93.0. The maximum Gasteiger partial charge on any atom is 4.00 e. The molecule has 0 aromatic rings. The first kappa shape index (κ1) is 47.5. The molecule has 0 aliphatic carbocycles. The van der Waals surface area contributed by atoms with Crippen LogP contribution in [0.5, 0.6) is 0 Å². The van der Waals surface area contributed by atoms with Crippen LogP contribution in [0.25, 0.3) is 0 Å². The molecule has 29 heavy (non-hydrogen) atoms. The normalized spacial score (nSPS) is 7.66. The third-order valence-corrected chi connectivity index (χ3v) is 2.28. The van der Waals surface area contributed by atoms with E-state index in [9.17, 15) is 30.0 Å². The molecule has 0 fully saturated rings. The fourth-order valence-electron chi connectivity index (χ4n) is 0.780. The third kappa shape index (κ3) is 127. The molecule has 0 saturated carbocycles. The molecule has 7 nitrogen and oxygen atoms in total. The summed E-state index contributed by atoms with van der Waals surface area (Å²) in [4.78, 5) is 19.6. The summed E-state index contributed by atoms with van der Waals surface area (Å²) in [6.45, 7) is 10.8. The number of unbranched alkanes of at least 4 members (excludes halogenated alkanes) is 4. The van der Waals surface area contributed by atoms with E-state index in [1.807, 2.05) is 27.7 Å². The predicted molar refractivity (Wildman–Crippen MR) is 102 cm³/mol. The molecule has 0 aliphatic heterocycles. The molecule has 0 rings (SSSR count). The van der Waals surface area contributed by atoms with Crippen LogP contribution in [0, 0.1) is 0 Å². The SMILES string of the molecule is CC(=O)OC(C)=O.CCCC[O-].CCCC[O-].CCCC[O-].CCCC[O-].[Zr+4].[Zr+4]. The van der Waals surface area contributed by atoms with Crippen LogP contribution in [0.1, 0.15) is 92.9 Å². The van der Waals surface area contributed by atoms with Crippen molar-refractivity contribution in [1.82, 2.24) is 0 Å². The van der Waals surface area contributed by atoms with Crippen LogP contribution >= 0.6 is 0 Å². The second-order valence-electron chi connectivity index (χ2n) is 5.32. The zero-order valence-electron chi connectivity index (χ0n) is 19.3. The third-order valence-electron chi connectivity index (χ3n) is 2.28. The van der Waals surface area contributed by atoms with Gasteiger partial charge in [-0.2, -0.15) is 0 Å². The Morgan fingerprint density at radius 3 is 0.724 bits per heavy atom. The van der Waals surface area contributed by atoms with Gasteiger partial charge in [-0.25, -0.2) is 0 Å². The maximum atomic E-state index is 9.81. The van der Waals surface area contributed by atoms with Crippen LogP contribution < -0.4 is 20.4 Å². The van der Waals surface area contributed by atoms with Gasteiger partial charge in [0, 0.05) is 13.8 Å². The van der Waals surface area contributed by atoms with Crippen LogP contribution in [-0.2, 0) is 66.7 Å². The number of carbonyl (C=O) groups excluding carboxylic acids is 2. The van der Waals surface area contributed by atoms with E-state index in [-0.39, 0.29) is 78.8 Å². The standard InChI is InChI=1S/C4H6O3.4C4H9O.2Zr/c1-3(5)7-4(2)6;4*1-2-3-4-5;;/h1-2H3;4*2-4H2,1H3;;/q;4*-1;2*+4. The Labute approximate surface area is 217 Å². The molecule has 0 aromatic heterocycles. The minimum absolute atomic E-state index is 0. The van der Waals surface area contributed by atoms with Gasteiger partial charge in [0.05, 0.1) is 0 Å². The Bertz CT molecular complexity index is 213. The first-order chi connectivity index (χ1) is 12.8. The Morgan fingerprint density at radius 2 is 0.724 bits per heavy atom. The van der Waals surface area contributed by atoms with E-state index in [0.29, 0.717) is 0 Å². The van der Waals surface area contributed by atoms with Crippen molar-refractivity contribution in [2.75, 3.05) is 26.4 Å². The molecule has 0 aromatic carbocycles. The minimum atomic E-state index is -0.562. The van der Waals surface area contributed by atoms with Gasteiger partial charge in [0.2, 0.25) is 0 Å². The van der Waals surface area contributed by atoms with Gasteiger partial charge in [0.1, 0.15) is 0 Å². The molecule has 0 saturated heterocycles. The number of hydrogen-bond donors (Lipinski definition) is 0. The van der Waals surface area contributed by atoms with Crippen LogP contribution in [-0.4, -0.2) is 38.4 Å².